The monoisotopic (exact) mass is 579 g/mol. The molecule has 2 amide bonds. The van der Waals surface area contributed by atoms with Crippen molar-refractivity contribution in [2.45, 2.75) is 91.7 Å². The van der Waals surface area contributed by atoms with Crippen molar-refractivity contribution in [3.05, 3.63) is 23.3 Å². The molecule has 0 heterocycles. The number of amides is 2. The summed E-state index contributed by atoms with van der Waals surface area (Å²) in [5.74, 6) is 0.0440. The number of carbonyl (C=O) groups excluding carboxylic acids is 2. The number of nitrogens with zero attached hydrogens (tertiary/aromatic N) is 1. The van der Waals surface area contributed by atoms with Gasteiger partial charge in [0.2, 0.25) is 5.91 Å². The van der Waals surface area contributed by atoms with Crippen LogP contribution in [0.15, 0.2) is 12.1 Å². The van der Waals surface area contributed by atoms with E-state index in [4.69, 9.17) is 9.47 Å². The van der Waals surface area contributed by atoms with Crippen molar-refractivity contribution >= 4 is 17.8 Å². The molecule has 4 aliphatic carbocycles. The number of aliphatic carboxylic acids is 1. The normalized spacial score (nSPS) is 32.5. The largest absolute Gasteiger partial charge is 0.496 e. The molecule has 4 aliphatic rings. The Bertz CT molecular complexity index is 1290. The molecule has 0 unspecified atom stereocenters. The minimum Gasteiger partial charge on any atom is -0.496 e. The molecular formula is C33H45N3O6. The van der Waals surface area contributed by atoms with E-state index in [0.717, 1.165) is 19.3 Å². The number of carboxylic acid groups (broad SMARTS) is 1. The SMILES string of the molecule is COc1cc(C#N)c(OC2CCC(C)(C(=O)O)CC2)cc1C(=O)N[C@@H]1[C@H]2CC[C@H](C2)[C@@H]1C(=O)NCC1C(C)(C)C1(C)C. The van der Waals surface area contributed by atoms with Gasteiger partial charge < -0.3 is 25.2 Å². The highest BCUT2D eigenvalue weighted by Crippen LogP contribution is 2.68. The number of hydrogen-bond acceptors (Lipinski definition) is 6. The Labute approximate surface area is 248 Å². The Morgan fingerprint density at radius 2 is 1.64 bits per heavy atom. The second-order valence-electron chi connectivity index (χ2n) is 14.4. The summed E-state index contributed by atoms with van der Waals surface area (Å²) in [7, 11) is 1.45. The highest BCUT2D eigenvalue weighted by atomic mass is 16.5. The molecule has 42 heavy (non-hydrogen) atoms. The molecule has 9 heteroatoms. The first-order chi connectivity index (χ1) is 19.7. The Hall–Kier alpha value is -3.28. The molecule has 0 spiro atoms. The number of methoxy groups -OCH3 is 1. The second-order valence-corrected chi connectivity index (χ2v) is 14.4. The van der Waals surface area contributed by atoms with Crippen molar-refractivity contribution in [3.8, 4) is 17.6 Å². The number of nitrogens with one attached hydrogen (secondary N) is 2. The predicted molar refractivity (Wildman–Crippen MR) is 156 cm³/mol. The first kappa shape index (κ1) is 30.2. The van der Waals surface area contributed by atoms with E-state index in [9.17, 15) is 24.8 Å². The van der Waals surface area contributed by atoms with Gasteiger partial charge in [0.1, 0.15) is 17.6 Å². The smallest absolute Gasteiger partial charge is 0.309 e. The van der Waals surface area contributed by atoms with Crippen LogP contribution in [0.2, 0.25) is 0 Å². The van der Waals surface area contributed by atoms with E-state index >= 15 is 0 Å². The number of carboxylic acids is 1. The average Bonchev–Trinajstić information content (AvgIpc) is 3.36. The van der Waals surface area contributed by atoms with E-state index in [1.165, 1.54) is 13.2 Å². The summed E-state index contributed by atoms with van der Waals surface area (Å²) in [5, 5.41) is 25.8. The first-order valence-electron chi connectivity index (χ1n) is 15.3. The zero-order valence-electron chi connectivity index (χ0n) is 25.7. The van der Waals surface area contributed by atoms with E-state index in [1.807, 2.05) is 0 Å². The fourth-order valence-electron chi connectivity index (χ4n) is 8.10. The molecule has 4 fully saturated rings. The van der Waals surface area contributed by atoms with E-state index in [1.54, 1.807) is 13.0 Å². The van der Waals surface area contributed by atoms with Crippen LogP contribution in [-0.4, -0.2) is 48.7 Å². The number of nitriles is 1. The van der Waals surface area contributed by atoms with Crippen molar-refractivity contribution in [1.29, 1.82) is 5.26 Å². The van der Waals surface area contributed by atoms with Crippen LogP contribution < -0.4 is 20.1 Å². The molecule has 1 aromatic rings. The van der Waals surface area contributed by atoms with Crippen molar-refractivity contribution in [2.24, 2.45) is 39.9 Å². The van der Waals surface area contributed by atoms with Crippen LogP contribution in [-0.2, 0) is 9.59 Å². The summed E-state index contributed by atoms with van der Waals surface area (Å²) >= 11 is 0. The van der Waals surface area contributed by atoms with Crippen molar-refractivity contribution in [3.63, 3.8) is 0 Å². The molecule has 0 radical (unpaired) electrons. The predicted octanol–water partition coefficient (Wildman–Crippen LogP) is 4.92. The Morgan fingerprint density at radius 3 is 2.21 bits per heavy atom. The van der Waals surface area contributed by atoms with Gasteiger partial charge in [-0.3, -0.25) is 14.4 Å². The van der Waals surface area contributed by atoms with Crippen molar-refractivity contribution in [1.82, 2.24) is 10.6 Å². The zero-order chi connectivity index (χ0) is 30.6. The van der Waals surface area contributed by atoms with Gasteiger partial charge in [0.25, 0.3) is 5.91 Å². The van der Waals surface area contributed by atoms with Crippen LogP contribution in [0.4, 0.5) is 0 Å². The molecule has 3 N–H and O–H groups in total. The second kappa shape index (κ2) is 10.8. The quantitative estimate of drug-likeness (QED) is 0.377. The molecule has 2 bridgehead atoms. The summed E-state index contributed by atoms with van der Waals surface area (Å²) in [6, 6.07) is 4.93. The maximum Gasteiger partial charge on any atom is 0.309 e. The van der Waals surface area contributed by atoms with Gasteiger partial charge in [-0.2, -0.15) is 5.26 Å². The van der Waals surface area contributed by atoms with E-state index in [2.05, 4.69) is 44.4 Å². The van der Waals surface area contributed by atoms with Crippen LogP contribution in [0.1, 0.15) is 95.5 Å². The van der Waals surface area contributed by atoms with Gasteiger partial charge >= 0.3 is 5.97 Å². The van der Waals surface area contributed by atoms with Crippen LogP contribution in [0.3, 0.4) is 0 Å². The highest BCUT2D eigenvalue weighted by Gasteiger charge is 2.64. The lowest BCUT2D eigenvalue weighted by Gasteiger charge is -2.34. The first-order valence-corrected chi connectivity index (χ1v) is 15.3. The number of benzene rings is 1. The van der Waals surface area contributed by atoms with Gasteiger partial charge in [0.15, 0.2) is 0 Å². The third-order valence-electron chi connectivity index (χ3n) is 11.8. The molecule has 5 rings (SSSR count). The summed E-state index contributed by atoms with van der Waals surface area (Å²) in [6.07, 6.45) is 4.68. The maximum absolute atomic E-state index is 13.7. The minimum atomic E-state index is -0.810. The Balaban J connectivity index is 1.30. The minimum absolute atomic E-state index is 0.0208. The molecule has 9 nitrogen and oxygen atoms in total. The van der Waals surface area contributed by atoms with Crippen LogP contribution >= 0.6 is 0 Å². The lowest BCUT2D eigenvalue weighted by atomic mass is 9.75. The van der Waals surface area contributed by atoms with Crippen LogP contribution in [0.25, 0.3) is 0 Å². The molecule has 1 aromatic carbocycles. The lowest BCUT2D eigenvalue weighted by molar-refractivity contribution is -0.150. The van der Waals surface area contributed by atoms with Crippen LogP contribution in [0.5, 0.6) is 11.5 Å². The highest BCUT2D eigenvalue weighted by molar-refractivity contribution is 5.98. The van der Waals surface area contributed by atoms with Crippen molar-refractivity contribution < 1.29 is 29.0 Å². The maximum atomic E-state index is 13.7. The molecule has 0 aromatic heterocycles. The zero-order valence-corrected chi connectivity index (χ0v) is 25.7. The van der Waals surface area contributed by atoms with Gasteiger partial charge in [-0.15, -0.1) is 0 Å². The summed E-state index contributed by atoms with van der Waals surface area (Å²) in [4.78, 5) is 38.9. The topological polar surface area (TPSA) is 138 Å². The number of fused-ring (bicyclic) bond motifs is 2. The van der Waals surface area contributed by atoms with E-state index in [-0.39, 0.29) is 75.2 Å². The lowest BCUT2D eigenvalue weighted by Crippen LogP contribution is -2.50. The number of hydrogen-bond donors (Lipinski definition) is 3. The number of ether oxygens (including phenoxy) is 2. The molecule has 4 saturated carbocycles. The van der Waals surface area contributed by atoms with Gasteiger partial charge in [0.05, 0.1) is 35.7 Å². The Morgan fingerprint density at radius 1 is 1.00 bits per heavy atom. The van der Waals surface area contributed by atoms with Gasteiger partial charge in [-0.1, -0.05) is 27.7 Å². The number of rotatable bonds is 9. The van der Waals surface area contributed by atoms with Gasteiger partial charge in [-0.25, -0.2) is 0 Å². The van der Waals surface area contributed by atoms with E-state index in [0.29, 0.717) is 38.1 Å². The molecule has 0 aliphatic heterocycles. The summed E-state index contributed by atoms with van der Waals surface area (Å²) < 4.78 is 11.7. The van der Waals surface area contributed by atoms with Gasteiger partial charge in [0, 0.05) is 18.7 Å². The summed E-state index contributed by atoms with van der Waals surface area (Å²) in [6.45, 7) is 11.4. The fourth-order valence-corrected chi connectivity index (χ4v) is 8.10. The third-order valence-corrected chi connectivity index (χ3v) is 11.8. The molecule has 228 valence electrons. The van der Waals surface area contributed by atoms with Gasteiger partial charge in [-0.05, 0) is 86.5 Å². The third kappa shape index (κ3) is 5.11. The fraction of sp³-hybridized carbons (Fsp3) is 0.697. The Kier molecular flexibility index (Phi) is 7.74. The number of carbonyl (C=O) groups is 3. The average molecular weight is 580 g/mol. The summed E-state index contributed by atoms with van der Waals surface area (Å²) in [5.41, 5.74) is 0.0841. The standard InChI is InChI=1S/C33H45N3O6/c1-31(2)25(32(31,3)4)17-35-29(38)26-18-7-8-19(13-18)27(26)36-28(37)22-15-23(20(16-34)14-24(22)41-6)42-21-9-11-33(5,12-10-21)30(39)40/h14-15,18-19,21,25-27H,7-13,17H2,1-6H3,(H,35,38)(H,36,37)(H,39,40)/t18-,19+,21?,26+,27-,33?/m1/s1. The van der Waals surface area contributed by atoms with Crippen LogP contribution in [0, 0.1) is 51.2 Å². The molecular weight excluding hydrogens is 534 g/mol. The van der Waals surface area contributed by atoms with E-state index < -0.39 is 11.4 Å². The molecule has 0 saturated heterocycles. The van der Waals surface area contributed by atoms with Crippen molar-refractivity contribution in [2.75, 3.05) is 13.7 Å². The molecule has 4 atom stereocenters.